The van der Waals surface area contributed by atoms with Gasteiger partial charge in [0.15, 0.2) is 5.82 Å². The number of nitrogens with two attached hydrogens (primary N) is 1. The number of allylic oxidation sites excluding steroid dienone is 1. The first-order valence-electron chi connectivity index (χ1n) is 3.82. The van der Waals surface area contributed by atoms with Gasteiger partial charge in [0, 0.05) is 0 Å². The number of hydrogen-bond acceptors (Lipinski definition) is 4. The molecule has 0 aromatic carbocycles. The minimum atomic E-state index is 0.547. The fourth-order valence-corrected chi connectivity index (χ4v) is 0.953. The standard InChI is InChI=1S/C9H12N4/c1-4-5-8-6(2)12-9(13-10)7(3)11-8/h4-5H,1-2,10H2,3H3,(H,12,13)/b8-5+. The zero-order valence-electron chi connectivity index (χ0n) is 7.54. The van der Waals surface area contributed by atoms with E-state index in [1.54, 1.807) is 12.2 Å². The predicted molar refractivity (Wildman–Crippen MR) is 54.0 cm³/mol. The van der Waals surface area contributed by atoms with E-state index >= 15 is 0 Å². The van der Waals surface area contributed by atoms with Gasteiger partial charge in [0.2, 0.25) is 0 Å². The maximum Gasteiger partial charge on any atom is 0.162 e. The topological polar surface area (TPSA) is 63.8 Å². The molecule has 0 unspecified atom stereocenters. The third kappa shape index (κ3) is 1.91. The molecule has 13 heavy (non-hydrogen) atoms. The van der Waals surface area contributed by atoms with Crippen molar-refractivity contribution < 1.29 is 0 Å². The summed E-state index contributed by atoms with van der Waals surface area (Å²) >= 11 is 0. The summed E-state index contributed by atoms with van der Waals surface area (Å²) in [5, 5.41) is 1.30. The molecule has 1 aromatic rings. The molecule has 0 aliphatic carbocycles. The third-order valence-corrected chi connectivity index (χ3v) is 1.59. The molecule has 1 rings (SSSR count). The molecule has 1 aromatic heterocycles. The Bertz CT molecular complexity index is 422. The Morgan fingerprint density at radius 2 is 2.15 bits per heavy atom. The minimum absolute atomic E-state index is 0.547. The Balaban J connectivity index is 3.46. The van der Waals surface area contributed by atoms with Crippen molar-refractivity contribution in [3.05, 3.63) is 29.0 Å². The molecular formula is C9H12N4. The van der Waals surface area contributed by atoms with Crippen molar-refractivity contribution in [1.29, 1.82) is 0 Å². The van der Waals surface area contributed by atoms with Crippen LogP contribution in [0, 0.1) is 6.92 Å². The van der Waals surface area contributed by atoms with E-state index < -0.39 is 0 Å². The van der Waals surface area contributed by atoms with E-state index in [0.717, 1.165) is 5.69 Å². The average molecular weight is 176 g/mol. The number of hydrazine groups is 1. The lowest BCUT2D eigenvalue weighted by molar-refractivity contribution is 1.03. The molecule has 0 fully saturated rings. The van der Waals surface area contributed by atoms with Crippen LogP contribution in [0.4, 0.5) is 5.82 Å². The molecule has 0 spiro atoms. The van der Waals surface area contributed by atoms with Crippen LogP contribution in [0.15, 0.2) is 12.7 Å². The number of nitrogen functional groups attached to an aromatic ring is 1. The monoisotopic (exact) mass is 176 g/mol. The highest BCUT2D eigenvalue weighted by molar-refractivity contribution is 5.40. The van der Waals surface area contributed by atoms with Crippen molar-refractivity contribution in [3.8, 4) is 0 Å². The van der Waals surface area contributed by atoms with Gasteiger partial charge in [-0.2, -0.15) is 0 Å². The number of anilines is 1. The number of aryl methyl sites for hydroxylation is 1. The van der Waals surface area contributed by atoms with Gasteiger partial charge in [0.1, 0.15) is 0 Å². The van der Waals surface area contributed by atoms with Crippen molar-refractivity contribution >= 4 is 18.5 Å². The Labute approximate surface area is 76.5 Å². The molecule has 0 atom stereocenters. The van der Waals surface area contributed by atoms with E-state index in [1.165, 1.54) is 0 Å². The van der Waals surface area contributed by atoms with E-state index in [0.29, 0.717) is 16.5 Å². The fraction of sp³-hybridized carbons (Fsp3) is 0.111. The van der Waals surface area contributed by atoms with Gasteiger partial charge < -0.3 is 5.43 Å². The van der Waals surface area contributed by atoms with Crippen molar-refractivity contribution in [2.75, 3.05) is 5.43 Å². The molecule has 0 saturated heterocycles. The zero-order valence-corrected chi connectivity index (χ0v) is 7.54. The number of hydrogen-bond donors (Lipinski definition) is 2. The van der Waals surface area contributed by atoms with Gasteiger partial charge in [0.05, 0.1) is 16.4 Å². The van der Waals surface area contributed by atoms with E-state index in [1.807, 2.05) is 6.92 Å². The van der Waals surface area contributed by atoms with Crippen LogP contribution in [-0.2, 0) is 0 Å². The zero-order chi connectivity index (χ0) is 9.84. The maximum absolute atomic E-state index is 5.23. The van der Waals surface area contributed by atoms with Gasteiger partial charge in [-0.15, -0.1) is 0 Å². The van der Waals surface area contributed by atoms with Crippen LogP contribution < -0.4 is 22.0 Å². The number of nitrogens with one attached hydrogen (secondary N) is 1. The van der Waals surface area contributed by atoms with Crippen LogP contribution in [0.25, 0.3) is 12.7 Å². The first-order chi connectivity index (χ1) is 6.19. The highest BCUT2D eigenvalue weighted by Gasteiger charge is 1.97. The summed E-state index contributed by atoms with van der Waals surface area (Å²) in [7, 11) is 0. The van der Waals surface area contributed by atoms with Crippen LogP contribution in [0.3, 0.4) is 0 Å². The molecule has 0 aliphatic heterocycles. The number of aromatic nitrogens is 2. The summed E-state index contributed by atoms with van der Waals surface area (Å²) in [6.07, 6.45) is 3.40. The molecule has 4 nitrogen and oxygen atoms in total. The van der Waals surface area contributed by atoms with Gasteiger partial charge in [-0.1, -0.05) is 19.2 Å². The van der Waals surface area contributed by atoms with Gasteiger partial charge in [-0.3, -0.25) is 0 Å². The molecule has 1 heterocycles. The molecule has 3 N–H and O–H groups in total. The SMILES string of the molecule is C=C/C=c1/nc(C)c(NN)nc1=C. The minimum Gasteiger partial charge on any atom is -0.307 e. The smallest absolute Gasteiger partial charge is 0.162 e. The van der Waals surface area contributed by atoms with Crippen LogP contribution in [0.1, 0.15) is 5.69 Å². The largest absolute Gasteiger partial charge is 0.307 e. The average Bonchev–Trinajstić information content (AvgIpc) is 2.11. The maximum atomic E-state index is 5.23. The van der Waals surface area contributed by atoms with Crippen molar-refractivity contribution in [1.82, 2.24) is 9.97 Å². The summed E-state index contributed by atoms with van der Waals surface area (Å²) in [4.78, 5) is 8.36. The highest BCUT2D eigenvalue weighted by Crippen LogP contribution is 1.98. The first-order valence-corrected chi connectivity index (χ1v) is 3.82. The Morgan fingerprint density at radius 1 is 1.46 bits per heavy atom. The Hall–Kier alpha value is -1.68. The summed E-state index contributed by atoms with van der Waals surface area (Å²) in [5.41, 5.74) is 3.19. The Morgan fingerprint density at radius 3 is 2.69 bits per heavy atom. The predicted octanol–water partition coefficient (Wildman–Crippen LogP) is -0.553. The molecule has 0 aliphatic rings. The molecule has 0 saturated carbocycles. The molecule has 0 radical (unpaired) electrons. The lowest BCUT2D eigenvalue weighted by Gasteiger charge is -2.01. The fourth-order valence-electron chi connectivity index (χ4n) is 0.953. The molecule has 0 bridgehead atoms. The van der Waals surface area contributed by atoms with E-state index in [2.05, 4.69) is 28.6 Å². The number of nitrogens with zero attached hydrogens (tertiary/aromatic N) is 2. The van der Waals surface area contributed by atoms with Gasteiger partial charge >= 0.3 is 0 Å². The van der Waals surface area contributed by atoms with Crippen molar-refractivity contribution in [3.63, 3.8) is 0 Å². The van der Waals surface area contributed by atoms with Crippen LogP contribution in [-0.4, -0.2) is 9.97 Å². The molecular weight excluding hydrogens is 164 g/mol. The van der Waals surface area contributed by atoms with Crippen LogP contribution >= 0.6 is 0 Å². The summed E-state index contributed by atoms with van der Waals surface area (Å²) < 4.78 is 0. The van der Waals surface area contributed by atoms with Crippen molar-refractivity contribution in [2.45, 2.75) is 6.92 Å². The molecule has 68 valence electrons. The lowest BCUT2D eigenvalue weighted by atomic mass is 10.4. The van der Waals surface area contributed by atoms with Crippen molar-refractivity contribution in [2.24, 2.45) is 5.84 Å². The number of rotatable bonds is 2. The van der Waals surface area contributed by atoms with E-state index in [-0.39, 0.29) is 0 Å². The van der Waals surface area contributed by atoms with Crippen LogP contribution in [0.2, 0.25) is 0 Å². The third-order valence-electron chi connectivity index (χ3n) is 1.59. The summed E-state index contributed by atoms with van der Waals surface area (Å²) in [6, 6.07) is 0. The molecule has 0 amide bonds. The second kappa shape index (κ2) is 3.82. The summed E-state index contributed by atoms with van der Waals surface area (Å²) in [5.74, 6) is 5.78. The Kier molecular flexibility index (Phi) is 2.76. The van der Waals surface area contributed by atoms with Gasteiger partial charge in [0.25, 0.3) is 0 Å². The van der Waals surface area contributed by atoms with Crippen LogP contribution in [0.5, 0.6) is 0 Å². The quantitative estimate of drug-likeness (QED) is 0.468. The first kappa shape index (κ1) is 9.41. The second-order valence-corrected chi connectivity index (χ2v) is 2.54. The van der Waals surface area contributed by atoms with Gasteiger partial charge in [-0.25, -0.2) is 15.8 Å². The summed E-state index contributed by atoms with van der Waals surface area (Å²) in [6.45, 7) is 9.14. The highest BCUT2D eigenvalue weighted by atomic mass is 15.3. The van der Waals surface area contributed by atoms with E-state index in [9.17, 15) is 0 Å². The lowest BCUT2D eigenvalue weighted by Crippen LogP contribution is -2.32. The van der Waals surface area contributed by atoms with E-state index in [4.69, 9.17) is 5.84 Å². The second-order valence-electron chi connectivity index (χ2n) is 2.54. The normalized spacial score (nSPS) is 11.4. The molecule has 4 heteroatoms. The van der Waals surface area contributed by atoms with Gasteiger partial charge in [-0.05, 0) is 13.0 Å².